The Morgan fingerprint density at radius 3 is 2.42 bits per heavy atom. The zero-order chi connectivity index (χ0) is 19.3. The van der Waals surface area contributed by atoms with E-state index >= 15 is 0 Å². The Morgan fingerprint density at radius 1 is 1.08 bits per heavy atom. The maximum Gasteiger partial charge on any atom is 0.258 e. The lowest BCUT2D eigenvalue weighted by Gasteiger charge is -2.16. The minimum atomic E-state index is -0.249. The molecule has 0 heterocycles. The number of ether oxygens (including phenoxy) is 2. The van der Waals surface area contributed by atoms with E-state index < -0.39 is 0 Å². The van der Waals surface area contributed by atoms with Crippen molar-refractivity contribution >= 4 is 11.7 Å². The van der Waals surface area contributed by atoms with Crippen LogP contribution in [0.4, 0.5) is 0 Å². The Balaban J connectivity index is 2.00. The molecular weight excluding hydrogens is 330 g/mol. The second-order valence-corrected chi connectivity index (χ2v) is 6.34. The van der Waals surface area contributed by atoms with Gasteiger partial charge in [0.2, 0.25) is 0 Å². The molecule has 5 nitrogen and oxygen atoms in total. The highest BCUT2D eigenvalue weighted by atomic mass is 16.5. The van der Waals surface area contributed by atoms with E-state index in [-0.39, 0.29) is 24.3 Å². The summed E-state index contributed by atoms with van der Waals surface area (Å²) >= 11 is 0. The van der Waals surface area contributed by atoms with Crippen LogP contribution in [0, 0.1) is 13.8 Å². The van der Waals surface area contributed by atoms with Crippen LogP contribution in [0.15, 0.2) is 36.4 Å². The molecule has 1 atom stereocenters. The average molecular weight is 355 g/mol. The Hall–Kier alpha value is -2.82. The molecule has 2 rings (SSSR count). The highest BCUT2D eigenvalue weighted by molar-refractivity contribution is 5.97. The first-order chi connectivity index (χ1) is 12.3. The zero-order valence-electron chi connectivity index (χ0n) is 15.9. The molecule has 0 aliphatic carbocycles. The summed E-state index contributed by atoms with van der Waals surface area (Å²) < 4.78 is 10.7. The minimum absolute atomic E-state index is 0.131. The van der Waals surface area contributed by atoms with E-state index in [1.807, 2.05) is 26.0 Å². The molecule has 0 aliphatic rings. The van der Waals surface area contributed by atoms with Crippen molar-refractivity contribution < 1.29 is 19.1 Å². The van der Waals surface area contributed by atoms with Gasteiger partial charge in [0, 0.05) is 0 Å². The number of hydrogen-bond acceptors (Lipinski definition) is 4. The van der Waals surface area contributed by atoms with E-state index in [1.54, 1.807) is 18.2 Å². The Bertz CT molecular complexity index is 814. The summed E-state index contributed by atoms with van der Waals surface area (Å²) in [6.45, 7) is 7.31. The maximum absolute atomic E-state index is 12.2. The molecule has 1 unspecified atom stereocenters. The molecule has 138 valence electrons. The Morgan fingerprint density at radius 2 is 1.81 bits per heavy atom. The van der Waals surface area contributed by atoms with Crippen LogP contribution in [0.25, 0.3) is 0 Å². The number of methoxy groups -OCH3 is 1. The third-order valence-corrected chi connectivity index (χ3v) is 4.33. The van der Waals surface area contributed by atoms with Gasteiger partial charge in [-0.2, -0.15) is 0 Å². The fourth-order valence-corrected chi connectivity index (χ4v) is 2.58. The standard InChI is InChI=1S/C21H25NO4/c1-13-6-7-17(10-14(13)2)15(3)22-21(24)12-26-20-9-8-18(25-5)11-19(20)16(4)23/h6-11,15H,12H2,1-5H3,(H,22,24). The maximum atomic E-state index is 12.2. The largest absolute Gasteiger partial charge is 0.497 e. The third kappa shape index (κ3) is 4.85. The van der Waals surface area contributed by atoms with E-state index in [0.29, 0.717) is 17.1 Å². The number of nitrogens with one attached hydrogen (secondary N) is 1. The molecule has 0 fully saturated rings. The van der Waals surface area contributed by atoms with Crippen LogP contribution in [0.2, 0.25) is 0 Å². The molecule has 5 heteroatoms. The normalized spacial score (nSPS) is 11.6. The van der Waals surface area contributed by atoms with Gasteiger partial charge in [-0.3, -0.25) is 9.59 Å². The van der Waals surface area contributed by atoms with Crippen LogP contribution >= 0.6 is 0 Å². The van der Waals surface area contributed by atoms with Crippen LogP contribution in [0.5, 0.6) is 11.5 Å². The van der Waals surface area contributed by atoms with Gasteiger partial charge in [-0.25, -0.2) is 0 Å². The van der Waals surface area contributed by atoms with Gasteiger partial charge in [-0.05, 0) is 62.6 Å². The molecule has 0 bridgehead atoms. The average Bonchev–Trinajstić information content (AvgIpc) is 2.61. The van der Waals surface area contributed by atoms with E-state index in [4.69, 9.17) is 9.47 Å². The number of carbonyl (C=O) groups excluding carboxylic acids is 2. The van der Waals surface area contributed by atoms with E-state index in [9.17, 15) is 9.59 Å². The fourth-order valence-electron chi connectivity index (χ4n) is 2.58. The first kappa shape index (κ1) is 19.5. The van der Waals surface area contributed by atoms with Gasteiger partial charge in [0.15, 0.2) is 12.4 Å². The number of rotatable bonds is 7. The summed E-state index contributed by atoms with van der Waals surface area (Å²) in [5.41, 5.74) is 3.82. The van der Waals surface area contributed by atoms with Crippen LogP contribution in [0.3, 0.4) is 0 Å². The number of Topliss-reactive ketones (excluding diaryl/α,β-unsaturated/α-hetero) is 1. The minimum Gasteiger partial charge on any atom is -0.497 e. The van der Waals surface area contributed by atoms with E-state index in [2.05, 4.69) is 18.3 Å². The number of aryl methyl sites for hydroxylation is 2. The molecular formula is C21H25NO4. The highest BCUT2D eigenvalue weighted by Gasteiger charge is 2.14. The van der Waals surface area contributed by atoms with Crippen molar-refractivity contribution in [3.05, 3.63) is 58.7 Å². The summed E-state index contributed by atoms with van der Waals surface area (Å²) in [5, 5.41) is 2.91. The second-order valence-electron chi connectivity index (χ2n) is 6.34. The van der Waals surface area contributed by atoms with Crippen molar-refractivity contribution in [3.63, 3.8) is 0 Å². The number of ketones is 1. The second kappa shape index (κ2) is 8.52. The monoisotopic (exact) mass is 355 g/mol. The molecule has 2 aromatic rings. The van der Waals surface area contributed by atoms with Crippen LogP contribution in [-0.2, 0) is 4.79 Å². The molecule has 2 aromatic carbocycles. The number of benzene rings is 2. The van der Waals surface area contributed by atoms with Crippen molar-refractivity contribution in [1.29, 1.82) is 0 Å². The summed E-state index contributed by atoms with van der Waals surface area (Å²) in [5.74, 6) is 0.534. The van der Waals surface area contributed by atoms with Crippen molar-refractivity contribution in [2.45, 2.75) is 33.7 Å². The van der Waals surface area contributed by atoms with Gasteiger partial charge in [-0.15, -0.1) is 0 Å². The predicted molar refractivity (Wildman–Crippen MR) is 101 cm³/mol. The number of carbonyl (C=O) groups is 2. The highest BCUT2D eigenvalue weighted by Crippen LogP contribution is 2.24. The molecule has 0 radical (unpaired) electrons. The van der Waals surface area contributed by atoms with Crippen molar-refractivity contribution in [3.8, 4) is 11.5 Å². The van der Waals surface area contributed by atoms with Crippen LogP contribution in [-0.4, -0.2) is 25.4 Å². The number of amides is 1. The molecule has 26 heavy (non-hydrogen) atoms. The Kier molecular flexibility index (Phi) is 6.39. The lowest BCUT2D eigenvalue weighted by molar-refractivity contribution is -0.123. The molecule has 0 spiro atoms. The SMILES string of the molecule is COc1ccc(OCC(=O)NC(C)c2ccc(C)c(C)c2)c(C(C)=O)c1. The predicted octanol–water partition coefficient (Wildman–Crippen LogP) is 3.77. The fraction of sp³-hybridized carbons (Fsp3) is 0.333. The molecule has 1 amide bonds. The first-order valence-electron chi connectivity index (χ1n) is 8.50. The van der Waals surface area contributed by atoms with Crippen LogP contribution in [0.1, 0.15) is 46.9 Å². The molecule has 0 saturated carbocycles. The van der Waals surface area contributed by atoms with Gasteiger partial charge < -0.3 is 14.8 Å². The number of hydrogen-bond donors (Lipinski definition) is 1. The van der Waals surface area contributed by atoms with Crippen LogP contribution < -0.4 is 14.8 Å². The van der Waals surface area contributed by atoms with Gasteiger partial charge >= 0.3 is 0 Å². The summed E-state index contributed by atoms with van der Waals surface area (Å²) in [7, 11) is 1.53. The van der Waals surface area contributed by atoms with Crippen molar-refractivity contribution in [2.75, 3.05) is 13.7 Å². The Labute approximate surface area is 154 Å². The third-order valence-electron chi connectivity index (χ3n) is 4.33. The molecule has 1 N–H and O–H groups in total. The van der Waals surface area contributed by atoms with Crippen molar-refractivity contribution in [2.24, 2.45) is 0 Å². The molecule has 0 aliphatic heterocycles. The van der Waals surface area contributed by atoms with Gasteiger partial charge in [0.25, 0.3) is 5.91 Å². The summed E-state index contributed by atoms with van der Waals surface area (Å²) in [6, 6.07) is 10.9. The topological polar surface area (TPSA) is 64.6 Å². The quantitative estimate of drug-likeness (QED) is 0.768. The summed E-state index contributed by atoms with van der Waals surface area (Å²) in [6.07, 6.45) is 0. The van der Waals surface area contributed by atoms with Gasteiger partial charge in [-0.1, -0.05) is 18.2 Å². The van der Waals surface area contributed by atoms with E-state index in [0.717, 1.165) is 5.56 Å². The lowest BCUT2D eigenvalue weighted by Crippen LogP contribution is -2.31. The van der Waals surface area contributed by atoms with Gasteiger partial charge in [0.1, 0.15) is 11.5 Å². The first-order valence-corrected chi connectivity index (χ1v) is 8.50. The zero-order valence-corrected chi connectivity index (χ0v) is 15.9. The van der Waals surface area contributed by atoms with Gasteiger partial charge in [0.05, 0.1) is 18.7 Å². The summed E-state index contributed by atoms with van der Waals surface area (Å²) in [4.78, 5) is 24.0. The lowest BCUT2D eigenvalue weighted by atomic mass is 10.0. The molecule has 0 saturated heterocycles. The smallest absolute Gasteiger partial charge is 0.258 e. The van der Waals surface area contributed by atoms with E-state index in [1.165, 1.54) is 25.2 Å². The molecule has 0 aromatic heterocycles. The van der Waals surface area contributed by atoms with Crippen molar-refractivity contribution in [1.82, 2.24) is 5.32 Å².